The second-order valence-corrected chi connectivity index (χ2v) is 11.2. The minimum atomic E-state index is -0.479. The predicted molar refractivity (Wildman–Crippen MR) is 144 cm³/mol. The molecule has 8 nitrogen and oxygen atoms in total. The Balaban J connectivity index is 1.18. The number of benzene rings is 2. The number of nitrogens with one attached hydrogen (secondary N) is 1. The van der Waals surface area contributed by atoms with Gasteiger partial charge in [-0.25, -0.2) is 4.79 Å². The molecule has 0 spiro atoms. The molecule has 3 saturated heterocycles. The van der Waals surface area contributed by atoms with E-state index < -0.39 is 6.04 Å². The molecule has 0 radical (unpaired) electrons. The first-order valence-electron chi connectivity index (χ1n) is 14.1. The third-order valence-corrected chi connectivity index (χ3v) is 8.86. The van der Waals surface area contributed by atoms with Crippen molar-refractivity contribution < 1.29 is 19.1 Å². The van der Waals surface area contributed by atoms with Gasteiger partial charge < -0.3 is 30.3 Å². The van der Waals surface area contributed by atoms with Crippen LogP contribution in [0.1, 0.15) is 44.1 Å². The number of hydrogen-bond donors (Lipinski definition) is 2. The summed E-state index contributed by atoms with van der Waals surface area (Å²) in [6.07, 6.45) is 5.72. The van der Waals surface area contributed by atoms with Crippen LogP contribution in [-0.4, -0.2) is 65.3 Å². The van der Waals surface area contributed by atoms with Crippen molar-refractivity contribution in [3.05, 3.63) is 66.2 Å². The normalized spacial score (nSPS) is 29.6. The highest BCUT2D eigenvalue weighted by atomic mass is 16.6. The Labute approximate surface area is 224 Å². The smallest absolute Gasteiger partial charge is 0.410 e. The molecule has 202 valence electrons. The minimum Gasteiger partial charge on any atom is -0.445 e. The van der Waals surface area contributed by atoms with E-state index in [0.29, 0.717) is 13.1 Å². The molecule has 2 amide bonds. The highest BCUT2D eigenvalue weighted by Gasteiger charge is 2.60. The number of carbonyl (C=O) groups is 2. The van der Waals surface area contributed by atoms with Crippen LogP contribution in [0.3, 0.4) is 0 Å². The van der Waals surface area contributed by atoms with E-state index in [9.17, 15) is 9.59 Å². The Morgan fingerprint density at radius 1 is 0.974 bits per heavy atom. The van der Waals surface area contributed by atoms with E-state index in [0.717, 1.165) is 43.4 Å². The van der Waals surface area contributed by atoms with Gasteiger partial charge in [0.2, 0.25) is 5.91 Å². The summed E-state index contributed by atoms with van der Waals surface area (Å²) in [5.41, 5.74) is 8.53. The summed E-state index contributed by atoms with van der Waals surface area (Å²) in [5, 5.41) is 3.45. The van der Waals surface area contributed by atoms with Crippen molar-refractivity contribution in [2.24, 2.45) is 17.6 Å². The van der Waals surface area contributed by atoms with E-state index in [-0.39, 0.29) is 54.9 Å². The average molecular weight is 519 g/mol. The number of anilines is 1. The number of amides is 2. The first-order valence-corrected chi connectivity index (χ1v) is 14.1. The Bertz CT molecular complexity index is 1110. The van der Waals surface area contributed by atoms with Gasteiger partial charge >= 0.3 is 6.09 Å². The van der Waals surface area contributed by atoms with E-state index >= 15 is 0 Å². The molecule has 0 aromatic heterocycles. The van der Waals surface area contributed by atoms with Crippen LogP contribution < -0.4 is 11.1 Å². The van der Waals surface area contributed by atoms with E-state index in [1.165, 1.54) is 6.42 Å². The van der Waals surface area contributed by atoms with E-state index in [1.807, 2.05) is 70.5 Å². The summed E-state index contributed by atoms with van der Waals surface area (Å²) in [6.45, 7) is 1.34. The van der Waals surface area contributed by atoms with Gasteiger partial charge in [-0.2, -0.15) is 0 Å². The van der Waals surface area contributed by atoms with Crippen molar-refractivity contribution in [1.82, 2.24) is 9.80 Å². The largest absolute Gasteiger partial charge is 0.445 e. The number of para-hydroxylation sites is 1. The lowest BCUT2D eigenvalue weighted by Gasteiger charge is -2.34. The number of nitrogens with two attached hydrogens (primary N) is 1. The summed E-state index contributed by atoms with van der Waals surface area (Å²) in [6, 6.07) is 19.0. The molecule has 3 N–H and O–H groups in total. The lowest BCUT2D eigenvalue weighted by atomic mass is 9.83. The van der Waals surface area contributed by atoms with Crippen molar-refractivity contribution in [3.63, 3.8) is 0 Å². The molecule has 6 atom stereocenters. The summed E-state index contributed by atoms with van der Waals surface area (Å²) in [5.74, 6) is 0.268. The summed E-state index contributed by atoms with van der Waals surface area (Å²) in [7, 11) is 0. The molecule has 1 saturated carbocycles. The van der Waals surface area contributed by atoms with Gasteiger partial charge in [0.05, 0.1) is 18.1 Å². The molecule has 1 aliphatic carbocycles. The molecular formula is C30H38N4O4. The van der Waals surface area contributed by atoms with Crippen molar-refractivity contribution in [1.29, 1.82) is 0 Å². The summed E-state index contributed by atoms with van der Waals surface area (Å²) in [4.78, 5) is 30.8. The molecule has 2 aromatic rings. The second-order valence-electron chi connectivity index (χ2n) is 11.2. The Hall–Kier alpha value is -3.10. The second kappa shape index (κ2) is 10.9. The van der Waals surface area contributed by atoms with Crippen LogP contribution in [0.5, 0.6) is 0 Å². The standard InChI is InChI=1S/C30H38N4O4/c31-25(21-12-6-2-7-13-21)29(35)33-17-16-24-26(33)23(27-28(38-27)32-22-14-8-3-9-15-22)18-34(24)30(36)37-19-20-10-4-1-5-11-20/h1,3-5,8-11,14-15,21,23-28,32H,2,6-7,12-13,16-19,31H2. The molecule has 8 heteroatoms. The van der Waals surface area contributed by atoms with Crippen LogP contribution in [0.25, 0.3) is 0 Å². The third kappa shape index (κ3) is 5.12. The van der Waals surface area contributed by atoms with Gasteiger partial charge in [0, 0.05) is 24.7 Å². The maximum Gasteiger partial charge on any atom is 0.410 e. The fraction of sp³-hybridized carbons (Fsp3) is 0.533. The first-order chi connectivity index (χ1) is 18.6. The molecule has 38 heavy (non-hydrogen) atoms. The number of nitrogens with zero attached hydrogens (tertiary/aromatic N) is 2. The van der Waals surface area contributed by atoms with Crippen molar-refractivity contribution in [3.8, 4) is 0 Å². The molecule has 0 bridgehead atoms. The highest BCUT2D eigenvalue weighted by molar-refractivity contribution is 5.83. The number of epoxide rings is 1. The van der Waals surface area contributed by atoms with Crippen molar-refractivity contribution in [2.45, 2.75) is 75.6 Å². The number of carbonyl (C=O) groups excluding carboxylic acids is 2. The lowest BCUT2D eigenvalue weighted by molar-refractivity contribution is -0.135. The van der Waals surface area contributed by atoms with Gasteiger partial charge in [-0.15, -0.1) is 0 Å². The first kappa shape index (κ1) is 25.2. The Morgan fingerprint density at radius 3 is 2.42 bits per heavy atom. The van der Waals surface area contributed by atoms with Crippen LogP contribution in [0, 0.1) is 11.8 Å². The van der Waals surface area contributed by atoms with Gasteiger partial charge in [0.25, 0.3) is 0 Å². The Morgan fingerprint density at radius 2 is 1.68 bits per heavy atom. The zero-order valence-electron chi connectivity index (χ0n) is 21.8. The van der Waals surface area contributed by atoms with Crippen molar-refractivity contribution >= 4 is 17.7 Å². The fourth-order valence-corrected chi connectivity index (χ4v) is 6.84. The van der Waals surface area contributed by atoms with Gasteiger partial charge in [0.15, 0.2) is 6.23 Å². The fourth-order valence-electron chi connectivity index (χ4n) is 6.84. The quantitative estimate of drug-likeness (QED) is 0.538. The molecule has 4 aliphatic rings. The topological polar surface area (TPSA) is 100 Å². The molecule has 3 heterocycles. The zero-order chi connectivity index (χ0) is 26.1. The average Bonchev–Trinajstić information content (AvgIpc) is 3.41. The van der Waals surface area contributed by atoms with Gasteiger partial charge in [-0.1, -0.05) is 67.8 Å². The third-order valence-electron chi connectivity index (χ3n) is 8.86. The Kier molecular flexibility index (Phi) is 7.26. The molecule has 6 rings (SSSR count). The molecular weight excluding hydrogens is 480 g/mol. The van der Waals surface area contributed by atoms with Crippen LogP contribution >= 0.6 is 0 Å². The van der Waals surface area contributed by atoms with Crippen molar-refractivity contribution in [2.75, 3.05) is 18.4 Å². The van der Waals surface area contributed by atoms with Crippen LogP contribution in [0.4, 0.5) is 10.5 Å². The predicted octanol–water partition coefficient (Wildman–Crippen LogP) is 3.97. The maximum absolute atomic E-state index is 13.7. The molecule has 6 unspecified atom stereocenters. The summed E-state index contributed by atoms with van der Waals surface area (Å²) < 4.78 is 11.8. The SMILES string of the molecule is NC(C(=O)N1CCC2C1C(C1OC1Nc1ccccc1)CN2C(=O)OCc1ccccc1)C1CCCCC1. The molecule has 4 fully saturated rings. The van der Waals surface area contributed by atoms with Crippen LogP contribution in [0.15, 0.2) is 60.7 Å². The summed E-state index contributed by atoms with van der Waals surface area (Å²) >= 11 is 0. The molecule has 3 aliphatic heterocycles. The molecule has 2 aromatic carbocycles. The van der Waals surface area contributed by atoms with Gasteiger partial charge in [0.1, 0.15) is 12.7 Å². The lowest BCUT2D eigenvalue weighted by Crippen LogP contribution is -2.53. The maximum atomic E-state index is 13.7. The minimum absolute atomic E-state index is 0.00417. The number of ether oxygens (including phenoxy) is 2. The van der Waals surface area contributed by atoms with Crippen LogP contribution in [0.2, 0.25) is 0 Å². The highest BCUT2D eigenvalue weighted by Crippen LogP contribution is 2.44. The van der Waals surface area contributed by atoms with Crippen LogP contribution in [-0.2, 0) is 20.9 Å². The number of fused-ring (bicyclic) bond motifs is 1. The van der Waals surface area contributed by atoms with E-state index in [2.05, 4.69) is 5.32 Å². The zero-order valence-corrected chi connectivity index (χ0v) is 21.8. The van der Waals surface area contributed by atoms with Gasteiger partial charge in [-0.3, -0.25) is 4.79 Å². The number of rotatable bonds is 7. The van der Waals surface area contributed by atoms with E-state index in [4.69, 9.17) is 15.2 Å². The van der Waals surface area contributed by atoms with Gasteiger partial charge in [-0.05, 0) is 42.9 Å². The number of likely N-dealkylation sites (tertiary alicyclic amines) is 2. The number of hydrogen-bond acceptors (Lipinski definition) is 6. The monoisotopic (exact) mass is 518 g/mol. The van der Waals surface area contributed by atoms with E-state index in [1.54, 1.807) is 0 Å².